The van der Waals surface area contributed by atoms with Gasteiger partial charge in [0.05, 0.1) is 6.10 Å². The topological polar surface area (TPSA) is 53.4 Å². The van der Waals surface area contributed by atoms with Gasteiger partial charge in [-0.25, -0.2) is 0 Å². The standard InChI is InChI=1S/C13H18N2O2/c16-12-5-3-9-15(10-12)13(17)7-6-11-4-1-2-8-14-11/h1-2,4,8,12,16H,3,5-7,9-10H2. The van der Waals surface area contributed by atoms with E-state index in [0.29, 0.717) is 19.4 Å². The van der Waals surface area contributed by atoms with E-state index in [2.05, 4.69) is 4.98 Å². The smallest absolute Gasteiger partial charge is 0.223 e. The zero-order chi connectivity index (χ0) is 12.1. The van der Waals surface area contributed by atoms with Gasteiger partial charge in [0.2, 0.25) is 5.91 Å². The van der Waals surface area contributed by atoms with E-state index in [0.717, 1.165) is 25.1 Å². The average molecular weight is 234 g/mol. The van der Waals surface area contributed by atoms with Crippen LogP contribution in [0.25, 0.3) is 0 Å². The molecule has 4 nitrogen and oxygen atoms in total. The molecule has 2 heterocycles. The van der Waals surface area contributed by atoms with Crippen molar-refractivity contribution in [3.05, 3.63) is 30.1 Å². The highest BCUT2D eigenvalue weighted by atomic mass is 16.3. The molecule has 1 N–H and O–H groups in total. The molecule has 1 atom stereocenters. The average Bonchev–Trinajstić information content (AvgIpc) is 2.37. The van der Waals surface area contributed by atoms with Crippen LogP contribution in [0.15, 0.2) is 24.4 Å². The number of hydrogen-bond donors (Lipinski definition) is 1. The van der Waals surface area contributed by atoms with Crippen LogP contribution in [0.2, 0.25) is 0 Å². The van der Waals surface area contributed by atoms with Crippen LogP contribution in [0.1, 0.15) is 25.0 Å². The first-order valence-corrected chi connectivity index (χ1v) is 6.11. The fourth-order valence-electron chi connectivity index (χ4n) is 2.12. The molecule has 1 amide bonds. The number of pyridine rings is 1. The Hall–Kier alpha value is -1.42. The maximum atomic E-state index is 11.9. The SMILES string of the molecule is O=C(CCc1ccccn1)N1CCCC(O)C1. The maximum absolute atomic E-state index is 11.9. The predicted molar refractivity (Wildman–Crippen MR) is 64.4 cm³/mol. The molecule has 1 aromatic rings. The Morgan fingerprint density at radius 2 is 2.41 bits per heavy atom. The first kappa shape index (κ1) is 12.0. The molecule has 17 heavy (non-hydrogen) atoms. The number of hydrogen-bond acceptors (Lipinski definition) is 3. The summed E-state index contributed by atoms with van der Waals surface area (Å²) in [6.07, 6.45) is 4.25. The lowest BCUT2D eigenvalue weighted by Crippen LogP contribution is -2.42. The normalized spacial score (nSPS) is 20.3. The molecule has 0 aliphatic carbocycles. The summed E-state index contributed by atoms with van der Waals surface area (Å²) in [7, 11) is 0. The van der Waals surface area contributed by atoms with Crippen molar-refractivity contribution in [2.75, 3.05) is 13.1 Å². The highest BCUT2D eigenvalue weighted by Gasteiger charge is 2.21. The molecule has 1 saturated heterocycles. The van der Waals surface area contributed by atoms with Crippen LogP contribution >= 0.6 is 0 Å². The monoisotopic (exact) mass is 234 g/mol. The van der Waals surface area contributed by atoms with Gasteiger partial charge in [-0.3, -0.25) is 9.78 Å². The number of nitrogens with zero attached hydrogens (tertiary/aromatic N) is 2. The van der Waals surface area contributed by atoms with Gasteiger partial charge in [-0.2, -0.15) is 0 Å². The first-order chi connectivity index (χ1) is 8.25. The van der Waals surface area contributed by atoms with E-state index < -0.39 is 0 Å². The first-order valence-electron chi connectivity index (χ1n) is 6.11. The molecular weight excluding hydrogens is 216 g/mol. The molecule has 1 fully saturated rings. The van der Waals surface area contributed by atoms with E-state index in [1.54, 1.807) is 11.1 Å². The Labute approximate surface area is 101 Å². The lowest BCUT2D eigenvalue weighted by Gasteiger charge is -2.30. The maximum Gasteiger partial charge on any atom is 0.223 e. The number of likely N-dealkylation sites (tertiary alicyclic amines) is 1. The summed E-state index contributed by atoms with van der Waals surface area (Å²) < 4.78 is 0. The summed E-state index contributed by atoms with van der Waals surface area (Å²) in [4.78, 5) is 17.9. The van der Waals surface area contributed by atoms with Crippen molar-refractivity contribution in [3.8, 4) is 0 Å². The summed E-state index contributed by atoms with van der Waals surface area (Å²) in [6.45, 7) is 1.26. The van der Waals surface area contributed by atoms with Crippen LogP contribution in [0, 0.1) is 0 Å². The van der Waals surface area contributed by atoms with Gasteiger partial charge in [0.1, 0.15) is 0 Å². The fraction of sp³-hybridized carbons (Fsp3) is 0.538. The number of aliphatic hydroxyl groups is 1. The van der Waals surface area contributed by atoms with Crippen molar-refractivity contribution in [1.82, 2.24) is 9.88 Å². The molecule has 1 aliphatic heterocycles. The number of piperidine rings is 1. The van der Waals surface area contributed by atoms with Crippen molar-refractivity contribution in [2.24, 2.45) is 0 Å². The molecule has 1 aromatic heterocycles. The Morgan fingerprint density at radius 3 is 3.12 bits per heavy atom. The molecule has 1 unspecified atom stereocenters. The molecule has 2 rings (SSSR count). The molecule has 0 spiro atoms. The van der Waals surface area contributed by atoms with Crippen LogP contribution in [-0.4, -0.2) is 40.1 Å². The van der Waals surface area contributed by atoms with E-state index >= 15 is 0 Å². The number of β-amino-alcohol motifs (C(OH)–C–C–N with tert-alkyl or cyclic N) is 1. The number of carbonyl (C=O) groups excluding carboxylic acids is 1. The molecular formula is C13H18N2O2. The van der Waals surface area contributed by atoms with Crippen LogP contribution in [0.3, 0.4) is 0 Å². The number of aromatic nitrogens is 1. The highest BCUT2D eigenvalue weighted by molar-refractivity contribution is 5.76. The van der Waals surface area contributed by atoms with Crippen molar-refractivity contribution in [3.63, 3.8) is 0 Å². The summed E-state index contributed by atoms with van der Waals surface area (Å²) in [5, 5.41) is 9.51. The number of aliphatic hydroxyl groups excluding tert-OH is 1. The zero-order valence-corrected chi connectivity index (χ0v) is 9.88. The van der Waals surface area contributed by atoms with E-state index in [9.17, 15) is 9.90 Å². The van der Waals surface area contributed by atoms with Crippen molar-refractivity contribution >= 4 is 5.91 Å². The third-order valence-corrected chi connectivity index (χ3v) is 3.07. The largest absolute Gasteiger partial charge is 0.391 e. The van der Waals surface area contributed by atoms with Crippen molar-refractivity contribution < 1.29 is 9.90 Å². The summed E-state index contributed by atoms with van der Waals surface area (Å²) in [5.41, 5.74) is 0.943. The number of aryl methyl sites for hydroxylation is 1. The quantitative estimate of drug-likeness (QED) is 0.848. The van der Waals surface area contributed by atoms with E-state index in [1.807, 2.05) is 18.2 Å². The van der Waals surface area contributed by atoms with Crippen LogP contribution in [-0.2, 0) is 11.2 Å². The second kappa shape index (κ2) is 5.77. The number of rotatable bonds is 3. The Balaban J connectivity index is 1.81. The van der Waals surface area contributed by atoms with E-state index in [-0.39, 0.29) is 12.0 Å². The predicted octanol–water partition coefficient (Wildman–Crippen LogP) is 0.998. The third kappa shape index (κ3) is 3.53. The van der Waals surface area contributed by atoms with Crippen molar-refractivity contribution in [2.45, 2.75) is 31.8 Å². The zero-order valence-electron chi connectivity index (χ0n) is 9.88. The highest BCUT2D eigenvalue weighted by Crippen LogP contribution is 2.11. The second-order valence-electron chi connectivity index (χ2n) is 4.46. The Morgan fingerprint density at radius 1 is 1.53 bits per heavy atom. The molecule has 0 saturated carbocycles. The van der Waals surface area contributed by atoms with E-state index in [1.165, 1.54) is 0 Å². The summed E-state index contributed by atoms with van der Waals surface area (Å²) in [6, 6.07) is 5.72. The van der Waals surface area contributed by atoms with Crippen LogP contribution < -0.4 is 0 Å². The van der Waals surface area contributed by atoms with Gasteiger partial charge in [0.15, 0.2) is 0 Å². The second-order valence-corrected chi connectivity index (χ2v) is 4.46. The molecule has 4 heteroatoms. The molecule has 0 aromatic carbocycles. The molecule has 0 bridgehead atoms. The molecule has 0 radical (unpaired) electrons. The minimum Gasteiger partial charge on any atom is -0.391 e. The lowest BCUT2D eigenvalue weighted by molar-refractivity contribution is -0.134. The third-order valence-electron chi connectivity index (χ3n) is 3.07. The van der Waals surface area contributed by atoms with E-state index in [4.69, 9.17) is 0 Å². The van der Waals surface area contributed by atoms with Crippen LogP contribution in [0.4, 0.5) is 0 Å². The molecule has 1 aliphatic rings. The van der Waals surface area contributed by atoms with Crippen LogP contribution in [0.5, 0.6) is 0 Å². The molecule has 92 valence electrons. The van der Waals surface area contributed by atoms with Gasteiger partial charge in [-0.15, -0.1) is 0 Å². The van der Waals surface area contributed by atoms with Gasteiger partial charge in [0.25, 0.3) is 0 Å². The number of amides is 1. The van der Waals surface area contributed by atoms with Gasteiger partial charge in [0, 0.05) is 31.4 Å². The van der Waals surface area contributed by atoms with Gasteiger partial charge < -0.3 is 10.0 Å². The fourth-order valence-corrected chi connectivity index (χ4v) is 2.12. The Bertz CT molecular complexity index is 367. The summed E-state index contributed by atoms with van der Waals surface area (Å²) >= 11 is 0. The van der Waals surface area contributed by atoms with Gasteiger partial charge >= 0.3 is 0 Å². The lowest BCUT2D eigenvalue weighted by atomic mass is 10.1. The van der Waals surface area contributed by atoms with Gasteiger partial charge in [-0.05, 0) is 31.4 Å². The summed E-state index contributed by atoms with van der Waals surface area (Å²) in [5.74, 6) is 0.120. The number of carbonyl (C=O) groups is 1. The minimum absolute atomic E-state index is 0.120. The Kier molecular flexibility index (Phi) is 4.09. The van der Waals surface area contributed by atoms with Crippen molar-refractivity contribution in [1.29, 1.82) is 0 Å². The minimum atomic E-state index is -0.345. The van der Waals surface area contributed by atoms with Gasteiger partial charge in [-0.1, -0.05) is 6.07 Å².